The fourth-order valence-corrected chi connectivity index (χ4v) is 2.39. The Morgan fingerprint density at radius 2 is 2.06 bits per heavy atom. The van der Waals surface area contributed by atoms with Crippen LogP contribution in [0.15, 0.2) is 0 Å². The molecular weight excluding hydrogens is 198 g/mol. The molecule has 1 aliphatic rings. The third-order valence-corrected chi connectivity index (χ3v) is 3.56. The number of Topliss-reactive ketones (excluding diaryl/α,β-unsaturated/α-hetero) is 1. The van der Waals surface area contributed by atoms with E-state index in [4.69, 9.17) is 0 Å². The first-order chi connectivity index (χ1) is 7.43. The molecule has 0 spiro atoms. The molecule has 0 aromatic heterocycles. The maximum absolute atomic E-state index is 11.8. The maximum Gasteiger partial charge on any atom is 0.139 e. The fraction of sp³-hybridized carbons (Fsp3) is 0.929. The molecule has 94 valence electrons. The Balaban J connectivity index is 2.23. The highest BCUT2D eigenvalue weighted by Crippen LogP contribution is 2.22. The lowest BCUT2D eigenvalue weighted by atomic mass is 9.89. The van der Waals surface area contributed by atoms with E-state index in [0.717, 1.165) is 18.9 Å². The summed E-state index contributed by atoms with van der Waals surface area (Å²) in [5.41, 5.74) is -0.164. The number of rotatable bonds is 5. The molecule has 0 bridgehead atoms. The highest BCUT2D eigenvalue weighted by Gasteiger charge is 2.25. The van der Waals surface area contributed by atoms with Crippen molar-refractivity contribution in [3.8, 4) is 0 Å². The van der Waals surface area contributed by atoms with E-state index in [9.17, 15) is 4.79 Å². The molecule has 0 N–H and O–H groups in total. The molecule has 1 aliphatic heterocycles. The molecule has 16 heavy (non-hydrogen) atoms. The minimum Gasteiger partial charge on any atom is -0.303 e. The van der Waals surface area contributed by atoms with E-state index >= 15 is 0 Å². The lowest BCUT2D eigenvalue weighted by Crippen LogP contribution is -2.28. The van der Waals surface area contributed by atoms with Crippen LogP contribution in [-0.2, 0) is 4.79 Å². The molecule has 1 heterocycles. The van der Waals surface area contributed by atoms with Crippen LogP contribution in [0, 0.1) is 11.3 Å². The molecule has 1 unspecified atom stereocenters. The van der Waals surface area contributed by atoms with Gasteiger partial charge in [0.1, 0.15) is 5.78 Å². The predicted octanol–water partition coefficient (Wildman–Crippen LogP) is 3.11. The van der Waals surface area contributed by atoms with Crippen LogP contribution in [0.4, 0.5) is 0 Å². The second kappa shape index (κ2) is 5.81. The van der Waals surface area contributed by atoms with Crippen molar-refractivity contribution in [2.24, 2.45) is 11.3 Å². The second-order valence-electron chi connectivity index (χ2n) is 6.17. The smallest absolute Gasteiger partial charge is 0.139 e. The van der Waals surface area contributed by atoms with Gasteiger partial charge >= 0.3 is 0 Å². The van der Waals surface area contributed by atoms with Gasteiger partial charge in [-0.15, -0.1) is 0 Å². The minimum absolute atomic E-state index is 0.164. The maximum atomic E-state index is 11.8. The summed E-state index contributed by atoms with van der Waals surface area (Å²) in [5, 5.41) is 0. The van der Waals surface area contributed by atoms with E-state index in [2.05, 4.69) is 11.8 Å². The summed E-state index contributed by atoms with van der Waals surface area (Å²) in [4.78, 5) is 14.3. The van der Waals surface area contributed by atoms with Crippen molar-refractivity contribution >= 4 is 5.78 Å². The molecule has 1 fully saturated rings. The number of carbonyl (C=O) groups excluding carboxylic acids is 1. The van der Waals surface area contributed by atoms with Gasteiger partial charge in [-0.1, -0.05) is 34.1 Å². The van der Waals surface area contributed by atoms with Gasteiger partial charge in [0.15, 0.2) is 0 Å². The summed E-state index contributed by atoms with van der Waals surface area (Å²) in [6, 6.07) is 0. The van der Waals surface area contributed by atoms with Gasteiger partial charge in [0, 0.05) is 24.9 Å². The normalized spacial score (nSPS) is 22.6. The molecule has 0 aromatic rings. The molecule has 0 radical (unpaired) electrons. The molecule has 1 saturated heterocycles. The largest absolute Gasteiger partial charge is 0.303 e. The van der Waals surface area contributed by atoms with Crippen molar-refractivity contribution in [1.29, 1.82) is 0 Å². The van der Waals surface area contributed by atoms with Gasteiger partial charge < -0.3 is 4.90 Å². The molecular formula is C14H27NO. The molecule has 2 nitrogen and oxygen atoms in total. The van der Waals surface area contributed by atoms with Gasteiger partial charge in [-0.2, -0.15) is 0 Å². The second-order valence-corrected chi connectivity index (χ2v) is 6.17. The SMILES string of the molecule is CCCC1CCN(CCC(=O)C(C)(C)C)C1. The average Bonchev–Trinajstić information content (AvgIpc) is 2.61. The van der Waals surface area contributed by atoms with E-state index in [1.807, 2.05) is 20.8 Å². The first-order valence-corrected chi connectivity index (χ1v) is 6.69. The van der Waals surface area contributed by atoms with Gasteiger partial charge in [-0.3, -0.25) is 4.79 Å². The molecule has 1 rings (SSSR count). The first-order valence-electron chi connectivity index (χ1n) is 6.69. The van der Waals surface area contributed by atoms with E-state index < -0.39 is 0 Å². The van der Waals surface area contributed by atoms with Crippen LogP contribution in [-0.4, -0.2) is 30.3 Å². The number of hydrogen-bond acceptors (Lipinski definition) is 2. The van der Waals surface area contributed by atoms with Crippen LogP contribution in [0.2, 0.25) is 0 Å². The van der Waals surface area contributed by atoms with E-state index in [0.29, 0.717) is 5.78 Å². The Morgan fingerprint density at radius 1 is 1.38 bits per heavy atom. The van der Waals surface area contributed by atoms with Crippen LogP contribution in [0.5, 0.6) is 0 Å². The first kappa shape index (κ1) is 13.7. The highest BCUT2D eigenvalue weighted by atomic mass is 16.1. The van der Waals surface area contributed by atoms with Gasteiger partial charge in [-0.05, 0) is 25.3 Å². The standard InChI is InChI=1S/C14H27NO/c1-5-6-12-7-9-15(11-12)10-8-13(16)14(2,3)4/h12H,5-11H2,1-4H3. The summed E-state index contributed by atoms with van der Waals surface area (Å²) in [6.45, 7) is 11.7. The summed E-state index contributed by atoms with van der Waals surface area (Å²) >= 11 is 0. The van der Waals surface area contributed by atoms with E-state index in [1.54, 1.807) is 0 Å². The van der Waals surface area contributed by atoms with Gasteiger partial charge in [0.2, 0.25) is 0 Å². The Morgan fingerprint density at radius 3 is 2.62 bits per heavy atom. The predicted molar refractivity (Wildman–Crippen MR) is 68.5 cm³/mol. The zero-order valence-electron chi connectivity index (χ0n) is 11.4. The third kappa shape index (κ3) is 4.25. The van der Waals surface area contributed by atoms with Crippen molar-refractivity contribution < 1.29 is 4.79 Å². The third-order valence-electron chi connectivity index (χ3n) is 3.56. The summed E-state index contributed by atoms with van der Waals surface area (Å²) in [7, 11) is 0. The van der Waals surface area contributed by atoms with Gasteiger partial charge in [-0.25, -0.2) is 0 Å². The number of nitrogens with zero attached hydrogens (tertiary/aromatic N) is 1. The van der Waals surface area contributed by atoms with Crippen LogP contribution in [0.25, 0.3) is 0 Å². The molecule has 0 amide bonds. The molecule has 1 atom stereocenters. The van der Waals surface area contributed by atoms with Crippen LogP contribution < -0.4 is 0 Å². The topological polar surface area (TPSA) is 20.3 Å². The summed E-state index contributed by atoms with van der Waals surface area (Å²) < 4.78 is 0. The Labute approximate surface area is 100 Å². The Bertz CT molecular complexity index is 229. The lowest BCUT2D eigenvalue weighted by Gasteiger charge is -2.20. The Kier molecular flexibility index (Phi) is 4.97. The van der Waals surface area contributed by atoms with Crippen LogP contribution in [0.1, 0.15) is 53.4 Å². The van der Waals surface area contributed by atoms with Crippen molar-refractivity contribution in [3.63, 3.8) is 0 Å². The number of likely N-dealkylation sites (tertiary alicyclic amines) is 1. The monoisotopic (exact) mass is 225 g/mol. The summed E-state index contributed by atoms with van der Waals surface area (Å²) in [6.07, 6.45) is 4.70. The zero-order chi connectivity index (χ0) is 12.2. The van der Waals surface area contributed by atoms with Gasteiger partial charge in [0.25, 0.3) is 0 Å². The highest BCUT2D eigenvalue weighted by molar-refractivity contribution is 5.83. The summed E-state index contributed by atoms with van der Waals surface area (Å²) in [5.74, 6) is 1.28. The van der Waals surface area contributed by atoms with Crippen molar-refractivity contribution in [2.45, 2.75) is 53.4 Å². The van der Waals surface area contributed by atoms with Gasteiger partial charge in [0.05, 0.1) is 0 Å². The van der Waals surface area contributed by atoms with E-state index in [1.165, 1.54) is 32.4 Å². The molecule has 0 aromatic carbocycles. The molecule has 0 saturated carbocycles. The number of hydrogen-bond donors (Lipinski definition) is 0. The molecule has 0 aliphatic carbocycles. The average molecular weight is 225 g/mol. The number of carbonyl (C=O) groups is 1. The van der Waals surface area contributed by atoms with Crippen LogP contribution in [0.3, 0.4) is 0 Å². The van der Waals surface area contributed by atoms with Crippen molar-refractivity contribution in [3.05, 3.63) is 0 Å². The minimum atomic E-state index is -0.164. The van der Waals surface area contributed by atoms with Crippen LogP contribution >= 0.6 is 0 Å². The van der Waals surface area contributed by atoms with Crippen molar-refractivity contribution in [2.75, 3.05) is 19.6 Å². The van der Waals surface area contributed by atoms with E-state index in [-0.39, 0.29) is 5.41 Å². The number of ketones is 1. The quantitative estimate of drug-likeness (QED) is 0.716. The van der Waals surface area contributed by atoms with Crippen molar-refractivity contribution in [1.82, 2.24) is 4.90 Å². The zero-order valence-corrected chi connectivity index (χ0v) is 11.4. The fourth-order valence-electron chi connectivity index (χ4n) is 2.39. The Hall–Kier alpha value is -0.370. The molecule has 2 heteroatoms. The lowest BCUT2D eigenvalue weighted by molar-refractivity contribution is -0.126.